The number of benzene rings is 2. The van der Waals surface area contributed by atoms with Crippen molar-refractivity contribution < 1.29 is 14.3 Å². The standard InChI is InChI=1S/C20H22N2O3/c23-19(21-13-15-6-2-1-3-7-15)16-8-4-9-17(12-16)20(24)22-14-18-10-5-11-25-18/h1-4,6-9,12,18H,5,10-11,13-14H2,(H,21,23)(H,22,24). The Hall–Kier alpha value is -2.66. The largest absolute Gasteiger partial charge is 0.376 e. The highest BCUT2D eigenvalue weighted by molar-refractivity contribution is 5.99. The molecule has 25 heavy (non-hydrogen) atoms. The highest BCUT2D eigenvalue weighted by Crippen LogP contribution is 2.11. The van der Waals surface area contributed by atoms with Crippen molar-refractivity contribution in [1.29, 1.82) is 0 Å². The number of hydrogen-bond donors (Lipinski definition) is 2. The summed E-state index contributed by atoms with van der Waals surface area (Å²) in [6, 6.07) is 16.5. The van der Waals surface area contributed by atoms with E-state index in [0.717, 1.165) is 25.0 Å². The van der Waals surface area contributed by atoms with Crippen LogP contribution in [0.25, 0.3) is 0 Å². The smallest absolute Gasteiger partial charge is 0.251 e. The quantitative estimate of drug-likeness (QED) is 0.850. The Kier molecular flexibility index (Phi) is 5.80. The predicted molar refractivity (Wildman–Crippen MR) is 95.4 cm³/mol. The summed E-state index contributed by atoms with van der Waals surface area (Å²) in [4.78, 5) is 24.6. The molecule has 1 fully saturated rings. The first-order valence-electron chi connectivity index (χ1n) is 8.54. The first-order chi connectivity index (χ1) is 12.2. The van der Waals surface area contributed by atoms with E-state index in [0.29, 0.717) is 24.2 Å². The van der Waals surface area contributed by atoms with Crippen LogP contribution in [-0.2, 0) is 11.3 Å². The third-order valence-corrected chi connectivity index (χ3v) is 4.20. The molecule has 130 valence electrons. The van der Waals surface area contributed by atoms with Gasteiger partial charge in [-0.3, -0.25) is 9.59 Å². The van der Waals surface area contributed by atoms with E-state index in [-0.39, 0.29) is 17.9 Å². The number of rotatable bonds is 6. The van der Waals surface area contributed by atoms with Gasteiger partial charge in [-0.1, -0.05) is 36.4 Å². The van der Waals surface area contributed by atoms with Gasteiger partial charge in [-0.25, -0.2) is 0 Å². The summed E-state index contributed by atoms with van der Waals surface area (Å²) < 4.78 is 5.50. The van der Waals surface area contributed by atoms with Crippen LogP contribution in [0.15, 0.2) is 54.6 Å². The molecule has 5 heteroatoms. The fraction of sp³-hybridized carbons (Fsp3) is 0.300. The van der Waals surface area contributed by atoms with Crippen molar-refractivity contribution in [3.8, 4) is 0 Å². The average Bonchev–Trinajstić information content (AvgIpc) is 3.18. The Labute approximate surface area is 147 Å². The minimum Gasteiger partial charge on any atom is -0.376 e. The van der Waals surface area contributed by atoms with Crippen molar-refractivity contribution in [2.24, 2.45) is 0 Å². The van der Waals surface area contributed by atoms with Gasteiger partial charge in [0.25, 0.3) is 11.8 Å². The number of ether oxygens (including phenoxy) is 1. The second-order valence-corrected chi connectivity index (χ2v) is 6.09. The summed E-state index contributed by atoms with van der Waals surface area (Å²) in [6.45, 7) is 1.72. The van der Waals surface area contributed by atoms with Crippen LogP contribution < -0.4 is 10.6 Å². The minimum atomic E-state index is -0.197. The molecule has 2 N–H and O–H groups in total. The Morgan fingerprint density at radius 3 is 2.36 bits per heavy atom. The summed E-state index contributed by atoms with van der Waals surface area (Å²) >= 11 is 0. The molecule has 1 aliphatic rings. The van der Waals surface area contributed by atoms with Crippen molar-refractivity contribution in [3.63, 3.8) is 0 Å². The van der Waals surface area contributed by atoms with E-state index in [4.69, 9.17) is 4.74 Å². The molecule has 0 saturated carbocycles. The molecule has 5 nitrogen and oxygen atoms in total. The van der Waals surface area contributed by atoms with Gasteiger partial charge in [0.15, 0.2) is 0 Å². The molecule has 0 aliphatic carbocycles. The lowest BCUT2D eigenvalue weighted by atomic mass is 10.1. The first-order valence-corrected chi connectivity index (χ1v) is 8.54. The average molecular weight is 338 g/mol. The van der Waals surface area contributed by atoms with Gasteiger partial charge in [0, 0.05) is 30.8 Å². The Morgan fingerprint density at radius 1 is 0.960 bits per heavy atom. The van der Waals surface area contributed by atoms with E-state index in [2.05, 4.69) is 10.6 Å². The molecule has 2 amide bonds. The highest BCUT2D eigenvalue weighted by atomic mass is 16.5. The van der Waals surface area contributed by atoms with Crippen LogP contribution in [0.1, 0.15) is 39.1 Å². The monoisotopic (exact) mass is 338 g/mol. The molecule has 0 spiro atoms. The molecular formula is C20H22N2O3. The molecular weight excluding hydrogens is 316 g/mol. The summed E-state index contributed by atoms with van der Waals surface area (Å²) in [6.07, 6.45) is 2.11. The van der Waals surface area contributed by atoms with Gasteiger partial charge in [0.1, 0.15) is 0 Å². The molecule has 1 saturated heterocycles. The van der Waals surface area contributed by atoms with E-state index in [1.807, 2.05) is 30.3 Å². The molecule has 3 rings (SSSR count). The topological polar surface area (TPSA) is 67.4 Å². The first kappa shape index (κ1) is 17.2. The normalized spacial score (nSPS) is 16.4. The lowest BCUT2D eigenvalue weighted by molar-refractivity contribution is 0.0857. The molecule has 1 heterocycles. The van der Waals surface area contributed by atoms with Crippen molar-refractivity contribution in [1.82, 2.24) is 10.6 Å². The van der Waals surface area contributed by atoms with Gasteiger partial charge in [-0.2, -0.15) is 0 Å². The van der Waals surface area contributed by atoms with Gasteiger partial charge in [0.05, 0.1) is 6.10 Å². The van der Waals surface area contributed by atoms with Gasteiger partial charge in [-0.05, 0) is 36.6 Å². The molecule has 1 atom stereocenters. The Bertz CT molecular complexity index is 725. The fourth-order valence-electron chi connectivity index (χ4n) is 2.80. The Balaban J connectivity index is 1.56. The molecule has 0 bridgehead atoms. The van der Waals surface area contributed by atoms with E-state index < -0.39 is 0 Å². The molecule has 1 aliphatic heterocycles. The van der Waals surface area contributed by atoms with Crippen LogP contribution in [0.2, 0.25) is 0 Å². The SMILES string of the molecule is O=C(NCc1ccccc1)c1cccc(C(=O)NCC2CCCO2)c1. The van der Waals surface area contributed by atoms with Crippen LogP contribution in [0.3, 0.4) is 0 Å². The summed E-state index contributed by atoms with van der Waals surface area (Å²) in [7, 11) is 0. The zero-order valence-corrected chi connectivity index (χ0v) is 14.0. The second kappa shape index (κ2) is 8.44. The van der Waals surface area contributed by atoms with E-state index in [1.54, 1.807) is 24.3 Å². The van der Waals surface area contributed by atoms with Crippen LogP contribution in [0.4, 0.5) is 0 Å². The van der Waals surface area contributed by atoms with Crippen LogP contribution >= 0.6 is 0 Å². The van der Waals surface area contributed by atoms with E-state index in [9.17, 15) is 9.59 Å². The number of amides is 2. The van der Waals surface area contributed by atoms with Gasteiger partial charge in [0.2, 0.25) is 0 Å². The maximum Gasteiger partial charge on any atom is 0.251 e. The highest BCUT2D eigenvalue weighted by Gasteiger charge is 2.17. The van der Waals surface area contributed by atoms with Gasteiger partial charge >= 0.3 is 0 Å². The Morgan fingerprint density at radius 2 is 1.68 bits per heavy atom. The molecule has 2 aromatic carbocycles. The van der Waals surface area contributed by atoms with Gasteiger partial charge in [-0.15, -0.1) is 0 Å². The zero-order valence-electron chi connectivity index (χ0n) is 14.0. The number of hydrogen-bond acceptors (Lipinski definition) is 3. The van der Waals surface area contributed by atoms with Crippen LogP contribution in [0.5, 0.6) is 0 Å². The van der Waals surface area contributed by atoms with Crippen molar-refractivity contribution in [2.45, 2.75) is 25.5 Å². The maximum atomic E-state index is 12.3. The van der Waals surface area contributed by atoms with Crippen LogP contribution in [0, 0.1) is 0 Å². The molecule has 0 aromatic heterocycles. The van der Waals surface area contributed by atoms with E-state index in [1.165, 1.54) is 0 Å². The van der Waals surface area contributed by atoms with Gasteiger partial charge < -0.3 is 15.4 Å². The third kappa shape index (κ3) is 4.90. The third-order valence-electron chi connectivity index (χ3n) is 4.20. The summed E-state index contributed by atoms with van der Waals surface area (Å²) in [5, 5.41) is 5.74. The lowest BCUT2D eigenvalue weighted by Crippen LogP contribution is -2.32. The summed E-state index contributed by atoms with van der Waals surface area (Å²) in [5.41, 5.74) is 1.98. The number of carbonyl (C=O) groups is 2. The second-order valence-electron chi connectivity index (χ2n) is 6.09. The van der Waals surface area contributed by atoms with Crippen molar-refractivity contribution in [3.05, 3.63) is 71.3 Å². The maximum absolute atomic E-state index is 12.3. The van der Waals surface area contributed by atoms with Crippen molar-refractivity contribution >= 4 is 11.8 Å². The minimum absolute atomic E-state index is 0.0984. The van der Waals surface area contributed by atoms with E-state index >= 15 is 0 Å². The number of nitrogens with one attached hydrogen (secondary N) is 2. The lowest BCUT2D eigenvalue weighted by Gasteiger charge is -2.11. The fourth-order valence-corrected chi connectivity index (χ4v) is 2.80. The number of carbonyl (C=O) groups excluding carboxylic acids is 2. The van der Waals surface area contributed by atoms with Crippen molar-refractivity contribution in [2.75, 3.05) is 13.2 Å². The molecule has 2 aromatic rings. The molecule has 1 unspecified atom stereocenters. The zero-order chi connectivity index (χ0) is 17.5. The predicted octanol–water partition coefficient (Wildman–Crippen LogP) is 2.53. The summed E-state index contributed by atoms with van der Waals surface area (Å²) in [5.74, 6) is -0.383. The molecule has 0 radical (unpaired) electrons. The van der Waals surface area contributed by atoms with Crippen LogP contribution in [-0.4, -0.2) is 31.1 Å².